The molecule has 1 N–H and O–H groups in total. The molecular weight excluding hydrogens is 344 g/mol. The SMILES string of the molecule is CCN(C(=O)Cc1ccc(C(=O)O)cc1)C1CCN(c2ccccc2)C1=O. The highest BCUT2D eigenvalue weighted by Crippen LogP contribution is 2.24. The molecule has 140 valence electrons. The molecule has 6 nitrogen and oxygen atoms in total. The Morgan fingerprint density at radius 3 is 2.37 bits per heavy atom. The molecule has 1 saturated heterocycles. The van der Waals surface area contributed by atoms with Crippen LogP contribution in [0.1, 0.15) is 29.3 Å². The molecule has 2 aromatic carbocycles. The van der Waals surface area contributed by atoms with E-state index < -0.39 is 12.0 Å². The van der Waals surface area contributed by atoms with Gasteiger partial charge in [0.25, 0.3) is 0 Å². The van der Waals surface area contributed by atoms with E-state index in [1.807, 2.05) is 37.3 Å². The number of nitrogens with zero attached hydrogens (tertiary/aromatic N) is 2. The lowest BCUT2D eigenvalue weighted by molar-refractivity contribution is -0.137. The Hall–Kier alpha value is -3.15. The molecule has 2 aromatic rings. The predicted molar refractivity (Wildman–Crippen MR) is 102 cm³/mol. The van der Waals surface area contributed by atoms with Gasteiger partial charge in [-0.3, -0.25) is 9.59 Å². The summed E-state index contributed by atoms with van der Waals surface area (Å²) in [4.78, 5) is 39.9. The summed E-state index contributed by atoms with van der Waals surface area (Å²) in [5.41, 5.74) is 1.76. The number of para-hydroxylation sites is 1. The molecule has 2 amide bonds. The van der Waals surface area contributed by atoms with Gasteiger partial charge < -0.3 is 14.9 Å². The quantitative estimate of drug-likeness (QED) is 0.852. The van der Waals surface area contributed by atoms with Crippen LogP contribution < -0.4 is 4.90 Å². The van der Waals surface area contributed by atoms with Crippen molar-refractivity contribution in [3.8, 4) is 0 Å². The van der Waals surface area contributed by atoms with E-state index in [1.54, 1.807) is 21.9 Å². The molecule has 0 aliphatic carbocycles. The van der Waals surface area contributed by atoms with Crippen molar-refractivity contribution < 1.29 is 19.5 Å². The van der Waals surface area contributed by atoms with Gasteiger partial charge in [0, 0.05) is 18.8 Å². The van der Waals surface area contributed by atoms with E-state index in [-0.39, 0.29) is 23.8 Å². The van der Waals surface area contributed by atoms with Crippen LogP contribution in [0, 0.1) is 0 Å². The molecule has 1 heterocycles. The fourth-order valence-corrected chi connectivity index (χ4v) is 3.43. The zero-order valence-corrected chi connectivity index (χ0v) is 15.2. The third kappa shape index (κ3) is 4.00. The Labute approximate surface area is 158 Å². The predicted octanol–water partition coefficient (Wildman–Crippen LogP) is 2.58. The lowest BCUT2D eigenvalue weighted by Crippen LogP contribution is -2.45. The highest BCUT2D eigenvalue weighted by atomic mass is 16.4. The summed E-state index contributed by atoms with van der Waals surface area (Å²) in [6.07, 6.45) is 0.744. The third-order valence-electron chi connectivity index (χ3n) is 4.84. The Bertz CT molecular complexity index is 833. The maximum Gasteiger partial charge on any atom is 0.335 e. The lowest BCUT2D eigenvalue weighted by atomic mass is 10.1. The van der Waals surface area contributed by atoms with Gasteiger partial charge >= 0.3 is 5.97 Å². The molecule has 0 saturated carbocycles. The number of carboxylic acid groups (broad SMARTS) is 1. The minimum atomic E-state index is -0.999. The summed E-state index contributed by atoms with van der Waals surface area (Å²) in [5.74, 6) is -1.19. The van der Waals surface area contributed by atoms with Crippen LogP contribution >= 0.6 is 0 Å². The van der Waals surface area contributed by atoms with Crippen LogP contribution in [0.2, 0.25) is 0 Å². The molecule has 0 spiro atoms. The molecule has 3 rings (SSSR count). The van der Waals surface area contributed by atoms with Crippen molar-refractivity contribution >= 4 is 23.5 Å². The normalized spacial score (nSPS) is 16.4. The van der Waals surface area contributed by atoms with Crippen LogP contribution in [0.3, 0.4) is 0 Å². The molecule has 27 heavy (non-hydrogen) atoms. The standard InChI is InChI=1S/C21H22N2O4/c1-2-22(19(24)14-15-8-10-16(11-9-15)21(26)27)18-12-13-23(20(18)25)17-6-4-3-5-7-17/h3-11,18H,2,12-14H2,1H3,(H,26,27). The highest BCUT2D eigenvalue weighted by molar-refractivity contribution is 6.01. The van der Waals surface area contributed by atoms with Crippen molar-refractivity contribution in [1.29, 1.82) is 0 Å². The van der Waals surface area contributed by atoms with E-state index in [9.17, 15) is 14.4 Å². The van der Waals surface area contributed by atoms with Crippen LogP contribution in [0.25, 0.3) is 0 Å². The third-order valence-corrected chi connectivity index (χ3v) is 4.84. The minimum absolute atomic E-state index is 0.0578. The number of anilines is 1. The summed E-state index contributed by atoms with van der Waals surface area (Å²) < 4.78 is 0. The Balaban J connectivity index is 1.70. The maximum absolute atomic E-state index is 12.8. The number of aromatic carboxylic acids is 1. The molecule has 0 aromatic heterocycles. The zero-order chi connectivity index (χ0) is 19.4. The van der Waals surface area contributed by atoms with Crippen LogP contribution in [0.15, 0.2) is 54.6 Å². The van der Waals surface area contributed by atoms with Gasteiger partial charge in [-0.05, 0) is 43.2 Å². The number of carbonyl (C=O) groups excluding carboxylic acids is 2. The molecule has 1 aliphatic heterocycles. The van der Waals surface area contributed by atoms with Crippen molar-refractivity contribution in [3.05, 3.63) is 65.7 Å². The van der Waals surface area contributed by atoms with E-state index in [1.165, 1.54) is 12.1 Å². The van der Waals surface area contributed by atoms with Crippen LogP contribution in [-0.2, 0) is 16.0 Å². The fraction of sp³-hybridized carbons (Fsp3) is 0.286. The summed E-state index contributed by atoms with van der Waals surface area (Å²) in [7, 11) is 0. The molecule has 0 radical (unpaired) electrons. The molecule has 0 bridgehead atoms. The Morgan fingerprint density at radius 1 is 1.11 bits per heavy atom. The first-order valence-corrected chi connectivity index (χ1v) is 8.99. The van der Waals surface area contributed by atoms with Gasteiger partial charge in [0.05, 0.1) is 12.0 Å². The zero-order valence-electron chi connectivity index (χ0n) is 15.2. The van der Waals surface area contributed by atoms with Crippen molar-refractivity contribution in [2.75, 3.05) is 18.0 Å². The average Bonchev–Trinajstić information content (AvgIpc) is 3.05. The van der Waals surface area contributed by atoms with Crippen LogP contribution in [0.4, 0.5) is 5.69 Å². The summed E-state index contributed by atoms with van der Waals surface area (Å²) in [5, 5.41) is 8.96. The number of hydrogen-bond acceptors (Lipinski definition) is 3. The first kappa shape index (κ1) is 18.6. The number of hydrogen-bond donors (Lipinski definition) is 1. The largest absolute Gasteiger partial charge is 0.478 e. The van der Waals surface area contributed by atoms with Crippen molar-refractivity contribution in [1.82, 2.24) is 4.90 Å². The number of amides is 2. The van der Waals surface area contributed by atoms with Gasteiger partial charge in [0.2, 0.25) is 11.8 Å². The molecule has 6 heteroatoms. The molecule has 1 atom stereocenters. The summed E-state index contributed by atoms with van der Waals surface area (Å²) >= 11 is 0. The minimum Gasteiger partial charge on any atom is -0.478 e. The van der Waals surface area contributed by atoms with Gasteiger partial charge in [-0.25, -0.2) is 4.79 Å². The monoisotopic (exact) mass is 366 g/mol. The second-order valence-corrected chi connectivity index (χ2v) is 6.49. The smallest absolute Gasteiger partial charge is 0.335 e. The summed E-state index contributed by atoms with van der Waals surface area (Å²) in [6.45, 7) is 2.90. The van der Waals surface area contributed by atoms with Gasteiger partial charge in [0.1, 0.15) is 6.04 Å². The van der Waals surface area contributed by atoms with Crippen LogP contribution in [0.5, 0.6) is 0 Å². The topological polar surface area (TPSA) is 77.9 Å². The molecule has 1 unspecified atom stereocenters. The Morgan fingerprint density at radius 2 is 1.78 bits per heavy atom. The first-order valence-electron chi connectivity index (χ1n) is 8.99. The van der Waals surface area contributed by atoms with Crippen molar-refractivity contribution in [2.45, 2.75) is 25.8 Å². The van der Waals surface area contributed by atoms with Gasteiger partial charge in [-0.1, -0.05) is 30.3 Å². The number of carboxylic acids is 1. The highest BCUT2D eigenvalue weighted by Gasteiger charge is 2.38. The van der Waals surface area contributed by atoms with Crippen molar-refractivity contribution in [3.63, 3.8) is 0 Å². The van der Waals surface area contributed by atoms with E-state index >= 15 is 0 Å². The lowest BCUT2D eigenvalue weighted by Gasteiger charge is -2.27. The average molecular weight is 366 g/mol. The van der Waals surface area contributed by atoms with E-state index in [2.05, 4.69) is 0 Å². The van der Waals surface area contributed by atoms with E-state index in [4.69, 9.17) is 5.11 Å². The fourth-order valence-electron chi connectivity index (χ4n) is 3.43. The molecule has 1 fully saturated rings. The second-order valence-electron chi connectivity index (χ2n) is 6.49. The number of likely N-dealkylation sites (N-methyl/N-ethyl adjacent to an activating group) is 1. The van der Waals surface area contributed by atoms with E-state index in [0.717, 1.165) is 11.3 Å². The number of rotatable bonds is 6. The van der Waals surface area contributed by atoms with E-state index in [0.29, 0.717) is 19.5 Å². The number of benzene rings is 2. The molecule has 1 aliphatic rings. The van der Waals surface area contributed by atoms with Crippen molar-refractivity contribution in [2.24, 2.45) is 0 Å². The Kier molecular flexibility index (Phi) is 5.54. The van der Waals surface area contributed by atoms with Gasteiger partial charge in [-0.15, -0.1) is 0 Å². The van der Waals surface area contributed by atoms with Gasteiger partial charge in [0.15, 0.2) is 0 Å². The maximum atomic E-state index is 12.8. The second kappa shape index (κ2) is 8.03. The van der Waals surface area contributed by atoms with Crippen LogP contribution in [-0.4, -0.2) is 46.9 Å². The number of carbonyl (C=O) groups is 3. The summed E-state index contributed by atoms with van der Waals surface area (Å²) in [6, 6.07) is 15.3. The first-order chi connectivity index (χ1) is 13.0. The molecular formula is C21H22N2O4. The van der Waals surface area contributed by atoms with Gasteiger partial charge in [-0.2, -0.15) is 0 Å².